The summed E-state index contributed by atoms with van der Waals surface area (Å²) in [5.74, 6) is -1.60. The highest BCUT2D eigenvalue weighted by Crippen LogP contribution is 2.10. The summed E-state index contributed by atoms with van der Waals surface area (Å²) in [6.07, 6.45) is -1.74. The van der Waals surface area contributed by atoms with Gasteiger partial charge in [-0.2, -0.15) is 0 Å². The second-order valence-electron chi connectivity index (χ2n) is 4.23. The number of hydrogen-bond donors (Lipinski definition) is 0. The van der Waals surface area contributed by atoms with Gasteiger partial charge in [0, 0.05) is 19.3 Å². The molecule has 2 unspecified atom stereocenters. The fraction of sp³-hybridized carbons (Fsp3) is 0.714. The summed E-state index contributed by atoms with van der Waals surface area (Å²) in [7, 11) is 0. The van der Waals surface area contributed by atoms with Gasteiger partial charge in [-0.05, 0) is 0 Å². The molecule has 8 nitrogen and oxygen atoms in total. The molecule has 0 aliphatic heterocycles. The summed E-state index contributed by atoms with van der Waals surface area (Å²) in [5.41, 5.74) is 0. The Labute approximate surface area is 129 Å². The van der Waals surface area contributed by atoms with Gasteiger partial charge in [0.1, 0.15) is 13.2 Å². The molecule has 0 aliphatic carbocycles. The van der Waals surface area contributed by atoms with Crippen molar-refractivity contribution in [3.8, 4) is 0 Å². The fourth-order valence-electron chi connectivity index (χ4n) is 1.35. The van der Waals surface area contributed by atoms with Crippen LogP contribution in [0, 0.1) is 0 Å². The molecule has 22 heavy (non-hydrogen) atoms. The Morgan fingerprint density at radius 3 is 1.68 bits per heavy atom. The molecule has 0 rings (SSSR count). The second kappa shape index (κ2) is 11.5. The molecule has 0 aromatic carbocycles. The Morgan fingerprint density at radius 2 is 1.27 bits per heavy atom. The molecule has 0 saturated heterocycles. The van der Waals surface area contributed by atoms with E-state index >= 15 is 0 Å². The van der Waals surface area contributed by atoms with Crippen LogP contribution < -0.4 is 0 Å². The molecule has 126 valence electrons. The number of carbonyl (C=O) groups is 4. The third-order valence-corrected chi connectivity index (χ3v) is 2.58. The fourth-order valence-corrected chi connectivity index (χ4v) is 1.35. The quantitative estimate of drug-likeness (QED) is 0.312. The van der Waals surface area contributed by atoms with Crippen LogP contribution in [0.1, 0.15) is 40.0 Å². The third kappa shape index (κ3) is 8.23. The Hall–Kier alpha value is -2.12. The van der Waals surface area contributed by atoms with Gasteiger partial charge in [-0.25, -0.2) is 0 Å². The normalized spacial score (nSPS) is 12.7. The lowest BCUT2D eigenvalue weighted by molar-refractivity contribution is -0.180. The predicted molar refractivity (Wildman–Crippen MR) is 73.6 cm³/mol. The molecule has 0 aromatic heterocycles. The zero-order valence-corrected chi connectivity index (χ0v) is 13.0. The van der Waals surface area contributed by atoms with E-state index in [0.717, 1.165) is 0 Å². The maximum Gasteiger partial charge on any atom is 0.306 e. The van der Waals surface area contributed by atoms with E-state index in [4.69, 9.17) is 14.2 Å². The number of esters is 3. The van der Waals surface area contributed by atoms with E-state index in [1.807, 2.05) is 0 Å². The van der Waals surface area contributed by atoms with Gasteiger partial charge in [-0.1, -0.05) is 20.8 Å². The molecule has 8 heteroatoms. The van der Waals surface area contributed by atoms with Gasteiger partial charge in [-0.15, -0.1) is 0 Å². The highest BCUT2D eigenvalue weighted by Gasteiger charge is 2.30. The maximum absolute atomic E-state index is 11.5. The highest BCUT2D eigenvalue weighted by molar-refractivity contribution is 5.71. The van der Waals surface area contributed by atoms with E-state index in [1.165, 1.54) is 0 Å². The van der Waals surface area contributed by atoms with Crippen LogP contribution in [0.5, 0.6) is 0 Å². The summed E-state index contributed by atoms with van der Waals surface area (Å²) in [6, 6.07) is 0. The van der Waals surface area contributed by atoms with Crippen molar-refractivity contribution in [3.05, 3.63) is 0 Å². The number of ether oxygens (including phenoxy) is 4. The van der Waals surface area contributed by atoms with Crippen molar-refractivity contribution in [3.63, 3.8) is 0 Å². The van der Waals surface area contributed by atoms with Gasteiger partial charge in [-0.3, -0.25) is 19.2 Å². The monoisotopic (exact) mass is 318 g/mol. The number of rotatable bonds is 11. The van der Waals surface area contributed by atoms with Crippen LogP contribution in [0.4, 0.5) is 0 Å². The molecule has 0 fully saturated rings. The smallest absolute Gasteiger partial charge is 0.306 e. The molecular formula is C14H22O8. The van der Waals surface area contributed by atoms with Gasteiger partial charge < -0.3 is 18.9 Å². The predicted octanol–water partition coefficient (Wildman–Crippen LogP) is 0.756. The first-order valence-corrected chi connectivity index (χ1v) is 7.08. The van der Waals surface area contributed by atoms with Crippen LogP contribution in [0.15, 0.2) is 0 Å². The largest absolute Gasteiger partial charge is 0.464 e. The molecule has 2 atom stereocenters. The Morgan fingerprint density at radius 1 is 0.818 bits per heavy atom. The lowest BCUT2D eigenvalue weighted by Gasteiger charge is -2.25. The molecule has 0 N–H and O–H groups in total. The maximum atomic E-state index is 11.5. The summed E-state index contributed by atoms with van der Waals surface area (Å²) in [5, 5.41) is 0. The van der Waals surface area contributed by atoms with Gasteiger partial charge >= 0.3 is 17.9 Å². The standard InChI is InChI=1S/C14H22O8/c1-4-12(16)20-8-11(22-14(18)6-3)10(7-19-9-15)21-13(17)5-2/h9-11H,4-8H2,1-3H3. The third-order valence-electron chi connectivity index (χ3n) is 2.58. The Bertz CT molecular complexity index is 379. The van der Waals surface area contributed by atoms with Gasteiger partial charge in [0.05, 0.1) is 0 Å². The minimum atomic E-state index is -1.04. The zero-order valence-electron chi connectivity index (χ0n) is 13.0. The lowest BCUT2D eigenvalue weighted by atomic mass is 10.2. The molecule has 0 heterocycles. The average molecular weight is 318 g/mol. The summed E-state index contributed by atoms with van der Waals surface area (Å²) in [6.45, 7) is 4.38. The lowest BCUT2D eigenvalue weighted by Crippen LogP contribution is -2.42. The van der Waals surface area contributed by atoms with Crippen molar-refractivity contribution in [2.75, 3.05) is 13.2 Å². The first-order chi connectivity index (χ1) is 10.5. The van der Waals surface area contributed by atoms with Crippen LogP contribution in [0.2, 0.25) is 0 Å². The molecule has 0 aromatic rings. The first-order valence-electron chi connectivity index (χ1n) is 7.08. The zero-order chi connectivity index (χ0) is 17.0. The van der Waals surface area contributed by atoms with Gasteiger partial charge in [0.25, 0.3) is 6.47 Å². The van der Waals surface area contributed by atoms with Crippen molar-refractivity contribution < 1.29 is 38.1 Å². The molecule has 0 saturated carbocycles. The molecule has 0 amide bonds. The van der Waals surface area contributed by atoms with E-state index < -0.39 is 30.1 Å². The van der Waals surface area contributed by atoms with E-state index in [0.29, 0.717) is 0 Å². The number of hydrogen-bond acceptors (Lipinski definition) is 8. The van der Waals surface area contributed by atoms with Crippen molar-refractivity contribution >= 4 is 24.4 Å². The van der Waals surface area contributed by atoms with E-state index in [2.05, 4.69) is 4.74 Å². The highest BCUT2D eigenvalue weighted by atomic mass is 16.6. The van der Waals surface area contributed by atoms with Crippen LogP contribution in [0.3, 0.4) is 0 Å². The minimum Gasteiger partial charge on any atom is -0.464 e. The molecular weight excluding hydrogens is 296 g/mol. The van der Waals surface area contributed by atoms with E-state index in [9.17, 15) is 19.2 Å². The molecule has 0 radical (unpaired) electrons. The second-order valence-corrected chi connectivity index (χ2v) is 4.23. The molecule has 0 aliphatic rings. The topological polar surface area (TPSA) is 105 Å². The summed E-state index contributed by atoms with van der Waals surface area (Å²) in [4.78, 5) is 44.4. The van der Waals surface area contributed by atoms with Gasteiger partial charge in [0.15, 0.2) is 12.2 Å². The average Bonchev–Trinajstić information content (AvgIpc) is 2.54. The molecule has 0 spiro atoms. The Balaban J connectivity index is 4.95. The van der Waals surface area contributed by atoms with E-state index in [1.54, 1.807) is 20.8 Å². The van der Waals surface area contributed by atoms with Crippen molar-refractivity contribution in [1.29, 1.82) is 0 Å². The SMILES string of the molecule is CCC(=O)OCC(OC(=O)CC)C(COC=O)OC(=O)CC. The van der Waals surface area contributed by atoms with Crippen LogP contribution in [-0.4, -0.2) is 49.8 Å². The van der Waals surface area contributed by atoms with Gasteiger partial charge in [0.2, 0.25) is 0 Å². The van der Waals surface area contributed by atoms with Crippen LogP contribution in [0.25, 0.3) is 0 Å². The summed E-state index contributed by atoms with van der Waals surface area (Å²) >= 11 is 0. The van der Waals surface area contributed by atoms with Crippen LogP contribution >= 0.6 is 0 Å². The van der Waals surface area contributed by atoms with Crippen molar-refractivity contribution in [1.82, 2.24) is 0 Å². The molecule has 0 bridgehead atoms. The van der Waals surface area contributed by atoms with Crippen LogP contribution in [-0.2, 0) is 38.1 Å². The Kier molecular flexibility index (Phi) is 10.4. The first kappa shape index (κ1) is 19.9. The van der Waals surface area contributed by atoms with Crippen molar-refractivity contribution in [2.24, 2.45) is 0 Å². The number of carbonyl (C=O) groups excluding carboxylic acids is 4. The van der Waals surface area contributed by atoms with E-state index in [-0.39, 0.29) is 38.9 Å². The minimum absolute atomic E-state index is 0.0980. The summed E-state index contributed by atoms with van der Waals surface area (Å²) < 4.78 is 19.7. The van der Waals surface area contributed by atoms with Crippen molar-refractivity contribution in [2.45, 2.75) is 52.2 Å².